The van der Waals surface area contributed by atoms with Crippen molar-refractivity contribution in [1.82, 2.24) is 0 Å². The van der Waals surface area contributed by atoms with Crippen LogP contribution in [0.25, 0.3) is 6.08 Å². The normalized spacial score (nSPS) is 19.8. The molecule has 200 valence electrons. The number of carbonyl (C=O) groups excluding carboxylic acids is 1. The van der Waals surface area contributed by atoms with Crippen molar-refractivity contribution in [2.75, 3.05) is 27.4 Å². The van der Waals surface area contributed by atoms with E-state index in [2.05, 4.69) is 0 Å². The number of aliphatic hydroxyl groups excluding tert-OH is 1. The zero-order valence-corrected chi connectivity index (χ0v) is 21.0. The maximum absolute atomic E-state index is 12.5. The lowest BCUT2D eigenvalue weighted by molar-refractivity contribution is -0.140. The van der Waals surface area contributed by atoms with Gasteiger partial charge in [0.2, 0.25) is 0 Å². The molecule has 4 atom stereocenters. The molecule has 1 saturated heterocycles. The highest BCUT2D eigenvalue weighted by Crippen LogP contribution is 2.46. The molecule has 0 aromatic heterocycles. The Labute approximate surface area is 220 Å². The predicted octanol–water partition coefficient (Wildman–Crippen LogP) is 4.11. The molecule has 0 bridgehead atoms. The van der Waals surface area contributed by atoms with E-state index >= 15 is 0 Å². The number of benzene rings is 3. The van der Waals surface area contributed by atoms with Crippen molar-refractivity contribution in [3.63, 3.8) is 0 Å². The Morgan fingerprint density at radius 2 is 1.63 bits per heavy atom. The Balaban J connectivity index is 1.56. The van der Waals surface area contributed by atoms with Crippen molar-refractivity contribution in [3.8, 4) is 28.7 Å². The van der Waals surface area contributed by atoms with Gasteiger partial charge in [-0.15, -0.1) is 0 Å². The Morgan fingerprint density at radius 3 is 2.32 bits per heavy atom. The molecule has 4 N–H and O–H groups in total. The zero-order chi connectivity index (χ0) is 27.2. The summed E-state index contributed by atoms with van der Waals surface area (Å²) in [5.41, 5.74) is 1.92. The fourth-order valence-corrected chi connectivity index (χ4v) is 4.54. The molecule has 3 aromatic rings. The number of phenols is 3. The van der Waals surface area contributed by atoms with E-state index in [9.17, 15) is 25.2 Å². The average Bonchev–Trinajstić information content (AvgIpc) is 3.35. The van der Waals surface area contributed by atoms with E-state index < -0.39 is 30.0 Å². The van der Waals surface area contributed by atoms with Gasteiger partial charge in [-0.25, -0.2) is 4.79 Å². The Bertz CT molecular complexity index is 1290. The van der Waals surface area contributed by atoms with Crippen LogP contribution in [0, 0.1) is 11.8 Å². The number of hydrogen-bond donors (Lipinski definition) is 4. The first-order valence-electron chi connectivity index (χ1n) is 12.0. The van der Waals surface area contributed by atoms with Gasteiger partial charge in [0.05, 0.1) is 39.6 Å². The first kappa shape index (κ1) is 26.8. The molecule has 0 radical (unpaired) electrons. The SMILES string of the molecule is COc1cc(C(O)C2COC(c3ccc(O)c(OC)c3)C2COC(=O)C=Cc2ccc(O)cc2)ccc1O. The maximum atomic E-state index is 12.5. The van der Waals surface area contributed by atoms with E-state index in [1.807, 2.05) is 0 Å². The molecule has 9 nitrogen and oxygen atoms in total. The highest BCUT2D eigenvalue weighted by molar-refractivity contribution is 5.87. The molecule has 0 aliphatic carbocycles. The van der Waals surface area contributed by atoms with Gasteiger partial charge in [-0.1, -0.05) is 24.3 Å². The molecule has 1 fully saturated rings. The Kier molecular flexibility index (Phi) is 8.40. The summed E-state index contributed by atoms with van der Waals surface area (Å²) in [5.74, 6) is -0.956. The molecule has 1 aliphatic heterocycles. The molecule has 9 heteroatoms. The van der Waals surface area contributed by atoms with Gasteiger partial charge in [-0.05, 0) is 59.2 Å². The van der Waals surface area contributed by atoms with E-state index in [-0.39, 0.29) is 42.0 Å². The fraction of sp³-hybridized carbons (Fsp3) is 0.276. The smallest absolute Gasteiger partial charge is 0.330 e. The quantitative estimate of drug-likeness (QED) is 0.242. The minimum atomic E-state index is -1.01. The lowest BCUT2D eigenvalue weighted by Gasteiger charge is -2.27. The number of esters is 1. The lowest BCUT2D eigenvalue weighted by Crippen LogP contribution is -2.27. The first-order chi connectivity index (χ1) is 18.3. The lowest BCUT2D eigenvalue weighted by atomic mass is 9.82. The summed E-state index contributed by atoms with van der Waals surface area (Å²) >= 11 is 0. The van der Waals surface area contributed by atoms with E-state index in [1.54, 1.807) is 42.5 Å². The summed E-state index contributed by atoms with van der Waals surface area (Å²) in [6, 6.07) is 15.8. The van der Waals surface area contributed by atoms with Gasteiger partial charge < -0.3 is 39.4 Å². The molecule has 0 saturated carbocycles. The largest absolute Gasteiger partial charge is 0.508 e. The van der Waals surface area contributed by atoms with Crippen molar-refractivity contribution in [1.29, 1.82) is 0 Å². The standard InChI is InChI=1S/C29H30O9/c1-35-25-13-18(6-10-23(25)31)28(34)21-15-38-29(19-7-11-24(32)26(14-19)36-2)22(21)16-37-27(33)12-5-17-3-8-20(30)9-4-17/h3-14,21-22,28-32,34H,15-16H2,1-2H3. The summed E-state index contributed by atoms with van der Waals surface area (Å²) in [7, 11) is 2.87. The Hall–Kier alpha value is -4.21. The monoisotopic (exact) mass is 522 g/mol. The molecular weight excluding hydrogens is 492 g/mol. The van der Waals surface area contributed by atoms with E-state index in [1.165, 1.54) is 44.6 Å². The second kappa shape index (κ2) is 11.9. The number of rotatable bonds is 9. The number of aliphatic hydroxyl groups is 1. The second-order valence-corrected chi connectivity index (χ2v) is 8.94. The highest BCUT2D eigenvalue weighted by atomic mass is 16.5. The van der Waals surface area contributed by atoms with Gasteiger partial charge in [-0.3, -0.25) is 0 Å². The average molecular weight is 523 g/mol. The van der Waals surface area contributed by atoms with Gasteiger partial charge in [-0.2, -0.15) is 0 Å². The van der Waals surface area contributed by atoms with Gasteiger partial charge in [0.25, 0.3) is 0 Å². The van der Waals surface area contributed by atoms with Crippen molar-refractivity contribution in [2.24, 2.45) is 11.8 Å². The number of hydrogen-bond acceptors (Lipinski definition) is 9. The van der Waals surface area contributed by atoms with Crippen LogP contribution in [0.15, 0.2) is 66.7 Å². The molecule has 4 rings (SSSR count). The van der Waals surface area contributed by atoms with Gasteiger partial charge in [0.1, 0.15) is 5.75 Å². The van der Waals surface area contributed by atoms with Crippen molar-refractivity contribution >= 4 is 12.0 Å². The van der Waals surface area contributed by atoms with E-state index in [0.29, 0.717) is 16.7 Å². The number of ether oxygens (including phenoxy) is 4. The van der Waals surface area contributed by atoms with Crippen molar-refractivity contribution < 1.29 is 44.2 Å². The minimum Gasteiger partial charge on any atom is -0.508 e. The van der Waals surface area contributed by atoms with Gasteiger partial charge >= 0.3 is 5.97 Å². The molecule has 4 unspecified atom stereocenters. The van der Waals surface area contributed by atoms with Crippen molar-refractivity contribution in [3.05, 3.63) is 83.4 Å². The van der Waals surface area contributed by atoms with E-state index in [0.717, 1.165) is 0 Å². The molecule has 1 aliphatic rings. The third kappa shape index (κ3) is 6.01. The maximum Gasteiger partial charge on any atom is 0.330 e. The third-order valence-electron chi connectivity index (χ3n) is 6.61. The van der Waals surface area contributed by atoms with Crippen LogP contribution in [0.2, 0.25) is 0 Å². The topological polar surface area (TPSA) is 135 Å². The van der Waals surface area contributed by atoms with Crippen LogP contribution in [0.3, 0.4) is 0 Å². The molecular formula is C29H30O9. The van der Waals surface area contributed by atoms with E-state index in [4.69, 9.17) is 18.9 Å². The minimum absolute atomic E-state index is 0.0237. The summed E-state index contributed by atoms with van der Waals surface area (Å²) in [5, 5.41) is 40.7. The Morgan fingerprint density at radius 1 is 0.974 bits per heavy atom. The molecule has 38 heavy (non-hydrogen) atoms. The van der Waals surface area contributed by atoms with Crippen LogP contribution in [0.5, 0.6) is 28.7 Å². The number of aromatic hydroxyl groups is 3. The first-order valence-corrected chi connectivity index (χ1v) is 12.0. The van der Waals surface area contributed by atoms with Crippen LogP contribution < -0.4 is 9.47 Å². The van der Waals surface area contributed by atoms with Crippen LogP contribution in [0.1, 0.15) is 28.9 Å². The second-order valence-electron chi connectivity index (χ2n) is 8.94. The summed E-state index contributed by atoms with van der Waals surface area (Å²) in [4.78, 5) is 12.5. The fourth-order valence-electron chi connectivity index (χ4n) is 4.54. The molecule has 0 amide bonds. The summed E-state index contributed by atoms with van der Waals surface area (Å²) in [6.07, 6.45) is 1.29. The molecule has 3 aromatic carbocycles. The molecule has 0 spiro atoms. The highest BCUT2D eigenvalue weighted by Gasteiger charge is 2.43. The van der Waals surface area contributed by atoms with Crippen LogP contribution in [-0.2, 0) is 14.3 Å². The summed E-state index contributed by atoms with van der Waals surface area (Å²) < 4.78 is 22.1. The summed E-state index contributed by atoms with van der Waals surface area (Å²) in [6.45, 7) is 0.118. The van der Waals surface area contributed by atoms with Gasteiger partial charge in [0.15, 0.2) is 23.0 Å². The number of carbonyl (C=O) groups is 1. The van der Waals surface area contributed by atoms with Crippen molar-refractivity contribution in [2.45, 2.75) is 12.2 Å². The van der Waals surface area contributed by atoms with Crippen LogP contribution in [-0.4, -0.2) is 53.8 Å². The van der Waals surface area contributed by atoms with Gasteiger partial charge in [0, 0.05) is 17.9 Å². The van der Waals surface area contributed by atoms with Crippen LogP contribution in [0.4, 0.5) is 0 Å². The molecule has 1 heterocycles. The zero-order valence-electron chi connectivity index (χ0n) is 21.0. The predicted molar refractivity (Wildman–Crippen MR) is 138 cm³/mol. The third-order valence-corrected chi connectivity index (χ3v) is 6.61. The number of phenolic OH excluding ortho intramolecular Hbond substituents is 3. The number of methoxy groups -OCH3 is 2. The van der Waals surface area contributed by atoms with Crippen LogP contribution >= 0.6 is 0 Å².